The third kappa shape index (κ3) is 6.40. The number of para-hydroxylation sites is 1. The van der Waals surface area contributed by atoms with Crippen LogP contribution in [0.5, 0.6) is 5.75 Å². The number of nitrogens with zero attached hydrogens (tertiary/aromatic N) is 2. The van der Waals surface area contributed by atoms with Crippen LogP contribution >= 0.6 is 11.8 Å². The average Bonchev–Trinajstić information content (AvgIpc) is 3.20. The van der Waals surface area contributed by atoms with Crippen molar-refractivity contribution in [3.05, 3.63) is 88.6 Å². The zero-order valence-electron chi connectivity index (χ0n) is 22.8. The summed E-state index contributed by atoms with van der Waals surface area (Å²) in [7, 11) is -0.530. The van der Waals surface area contributed by atoms with Gasteiger partial charge in [0.05, 0.1) is 27.9 Å². The number of thioether (sulfide) groups is 1. The number of methoxy groups -OCH3 is 1. The molecule has 2 aliphatic rings. The van der Waals surface area contributed by atoms with Gasteiger partial charge in [-0.25, -0.2) is 8.42 Å². The van der Waals surface area contributed by atoms with E-state index in [-0.39, 0.29) is 17.6 Å². The zero-order chi connectivity index (χ0) is 27.8. The normalized spacial score (nSPS) is 19.0. The van der Waals surface area contributed by atoms with Crippen LogP contribution in [0.15, 0.2) is 87.8 Å². The minimum atomic E-state index is -4.27. The smallest absolute Gasteiger partial charge is 0.212 e. The fraction of sp³-hybridized carbons (Fsp3) is 0.323. The Bertz CT molecular complexity index is 1620. The number of aromatic nitrogens is 1. The molecule has 3 aromatic rings. The highest BCUT2D eigenvalue weighted by atomic mass is 32.2. The van der Waals surface area contributed by atoms with Crippen LogP contribution < -0.4 is 14.2 Å². The fourth-order valence-corrected chi connectivity index (χ4v) is 7.12. The molecule has 0 radical (unpaired) electrons. The minimum absolute atomic E-state index is 0.0865. The maximum absolute atomic E-state index is 11.3. The predicted octanol–water partition coefficient (Wildman–Crippen LogP) is 6.19. The Balaban J connectivity index is 1.50. The van der Waals surface area contributed by atoms with Crippen LogP contribution in [0.25, 0.3) is 17.0 Å². The maximum Gasteiger partial charge on any atom is 0.212 e. The van der Waals surface area contributed by atoms with Crippen LogP contribution in [0.1, 0.15) is 38.8 Å². The molecule has 1 aliphatic carbocycles. The third-order valence-corrected chi connectivity index (χ3v) is 9.11. The highest BCUT2D eigenvalue weighted by Crippen LogP contribution is 2.49. The van der Waals surface area contributed by atoms with Crippen LogP contribution in [0, 0.1) is 5.41 Å². The number of hydrogen-bond acceptors (Lipinski definition) is 6. The highest BCUT2D eigenvalue weighted by Gasteiger charge is 2.29. The first kappa shape index (κ1) is 27.5. The van der Waals surface area contributed by atoms with Gasteiger partial charge >= 0.3 is 0 Å². The molecule has 2 heterocycles. The fourth-order valence-electron chi connectivity index (χ4n) is 5.49. The monoisotopic (exact) mass is 562 g/mol. The van der Waals surface area contributed by atoms with Gasteiger partial charge in [0.2, 0.25) is 11.2 Å². The van der Waals surface area contributed by atoms with Gasteiger partial charge < -0.3 is 14.2 Å². The lowest BCUT2D eigenvalue weighted by molar-refractivity contribution is -0.646. The number of rotatable bonds is 7. The van der Waals surface area contributed by atoms with E-state index in [1.807, 2.05) is 18.2 Å². The number of anilines is 1. The first-order valence-corrected chi connectivity index (χ1v) is 15.5. The molecule has 2 aromatic carbocycles. The Morgan fingerprint density at radius 1 is 1.10 bits per heavy atom. The summed E-state index contributed by atoms with van der Waals surface area (Å²) in [5, 5.41) is 2.24. The SMILES string of the molecule is COc1ccc2c(c1)N(CCCS(=O)(=O)[O-])C(=CC1=CC(=Cc3ccc4ccccc4[n+]3C)CC(C)(C)C1)S2. The second-order valence-corrected chi connectivity index (χ2v) is 13.6. The zero-order valence-corrected chi connectivity index (χ0v) is 24.4. The predicted molar refractivity (Wildman–Crippen MR) is 158 cm³/mol. The Hall–Kier alpha value is -3.07. The lowest BCUT2D eigenvalue weighted by Crippen LogP contribution is -2.32. The number of benzene rings is 2. The second kappa shape index (κ2) is 10.8. The second-order valence-electron chi connectivity index (χ2n) is 11.0. The Labute approximate surface area is 235 Å². The number of ether oxygens (including phenoxy) is 1. The summed E-state index contributed by atoms with van der Waals surface area (Å²) in [6.45, 7) is 5.03. The summed E-state index contributed by atoms with van der Waals surface area (Å²) in [5.41, 5.74) is 5.91. The molecule has 0 atom stereocenters. The lowest BCUT2D eigenvalue weighted by Gasteiger charge is -2.31. The summed E-state index contributed by atoms with van der Waals surface area (Å²) in [6.07, 6.45) is 8.96. The minimum Gasteiger partial charge on any atom is -0.748 e. The molecule has 1 aliphatic heterocycles. The summed E-state index contributed by atoms with van der Waals surface area (Å²) in [4.78, 5) is 3.20. The first-order chi connectivity index (χ1) is 18.5. The maximum atomic E-state index is 11.3. The molecule has 204 valence electrons. The average molecular weight is 563 g/mol. The number of aryl methyl sites for hydroxylation is 1. The molecule has 0 amide bonds. The quantitative estimate of drug-likeness (QED) is 0.253. The number of hydrogen-bond donors (Lipinski definition) is 0. The van der Waals surface area contributed by atoms with Crippen LogP contribution in [0.2, 0.25) is 0 Å². The van der Waals surface area contributed by atoms with Crippen LogP contribution in [-0.4, -0.2) is 32.4 Å². The van der Waals surface area contributed by atoms with E-state index in [9.17, 15) is 13.0 Å². The topological polar surface area (TPSA) is 73.5 Å². The van der Waals surface area contributed by atoms with Gasteiger partial charge in [0.25, 0.3) is 0 Å². The van der Waals surface area contributed by atoms with Crippen molar-refractivity contribution < 1.29 is 22.3 Å². The van der Waals surface area contributed by atoms with Gasteiger partial charge in [-0.2, -0.15) is 4.57 Å². The summed E-state index contributed by atoms with van der Waals surface area (Å²) >= 11 is 1.66. The summed E-state index contributed by atoms with van der Waals surface area (Å²) in [5.74, 6) is 0.357. The lowest BCUT2D eigenvalue weighted by atomic mass is 9.75. The molecule has 1 aromatic heterocycles. The summed E-state index contributed by atoms with van der Waals surface area (Å²) in [6, 6.07) is 18.7. The molecule has 0 N–H and O–H groups in total. The van der Waals surface area contributed by atoms with E-state index in [0.29, 0.717) is 6.54 Å². The van der Waals surface area contributed by atoms with Crippen molar-refractivity contribution in [2.75, 3.05) is 24.3 Å². The van der Waals surface area contributed by atoms with Crippen molar-refractivity contribution in [3.8, 4) is 5.75 Å². The van der Waals surface area contributed by atoms with E-state index >= 15 is 0 Å². The van der Waals surface area contributed by atoms with Crippen molar-refractivity contribution in [1.82, 2.24) is 0 Å². The first-order valence-electron chi connectivity index (χ1n) is 13.1. The van der Waals surface area contributed by atoms with Gasteiger partial charge in [-0.3, -0.25) is 0 Å². The Kier molecular flexibility index (Phi) is 7.64. The largest absolute Gasteiger partial charge is 0.748 e. The summed E-state index contributed by atoms with van der Waals surface area (Å²) < 4.78 is 41.5. The van der Waals surface area contributed by atoms with Gasteiger partial charge in [-0.15, -0.1) is 0 Å². The Morgan fingerprint density at radius 2 is 1.90 bits per heavy atom. The highest BCUT2D eigenvalue weighted by molar-refractivity contribution is 8.03. The number of fused-ring (bicyclic) bond motifs is 2. The van der Waals surface area contributed by atoms with E-state index in [1.165, 1.54) is 22.0 Å². The third-order valence-electron chi connectivity index (χ3n) is 7.21. The van der Waals surface area contributed by atoms with Crippen molar-refractivity contribution in [1.29, 1.82) is 0 Å². The van der Waals surface area contributed by atoms with Crippen molar-refractivity contribution in [3.63, 3.8) is 0 Å². The molecule has 0 fully saturated rings. The van der Waals surface area contributed by atoms with Crippen molar-refractivity contribution >= 4 is 44.5 Å². The molecule has 0 saturated carbocycles. The van der Waals surface area contributed by atoms with Crippen LogP contribution in [0.3, 0.4) is 0 Å². The van der Waals surface area contributed by atoms with Gasteiger partial charge in [0.15, 0.2) is 0 Å². The van der Waals surface area contributed by atoms with E-state index in [4.69, 9.17) is 4.74 Å². The van der Waals surface area contributed by atoms with Crippen LogP contribution in [-0.2, 0) is 17.2 Å². The molecule has 0 saturated heterocycles. The van der Waals surface area contributed by atoms with E-state index in [0.717, 1.165) is 39.9 Å². The van der Waals surface area contributed by atoms with Gasteiger partial charge in [0, 0.05) is 46.9 Å². The van der Waals surface area contributed by atoms with Gasteiger partial charge in [-0.05, 0) is 66.2 Å². The Morgan fingerprint density at radius 3 is 2.67 bits per heavy atom. The molecular formula is C31H34N2O4S2. The number of pyridine rings is 1. The van der Waals surface area contributed by atoms with Crippen molar-refractivity contribution in [2.24, 2.45) is 12.5 Å². The molecule has 39 heavy (non-hydrogen) atoms. The van der Waals surface area contributed by atoms with E-state index in [2.05, 4.69) is 85.0 Å². The molecule has 0 spiro atoms. The van der Waals surface area contributed by atoms with Gasteiger partial charge in [-0.1, -0.05) is 43.8 Å². The van der Waals surface area contributed by atoms with E-state index < -0.39 is 10.1 Å². The van der Waals surface area contributed by atoms with Crippen molar-refractivity contribution in [2.45, 2.75) is 38.0 Å². The molecule has 6 nitrogen and oxygen atoms in total. The standard InChI is InChI=1S/C31H34N2O4S2/c1-31(2)20-22(17-25-11-10-24-8-5-6-9-27(24)32(25)3)16-23(21-31)18-30-33(14-7-15-39(34,35)36)28-19-26(37-4)12-13-29(28)38-30/h5-6,8-13,16-19H,7,14-15,20-21H2,1-4H3. The molecule has 5 rings (SSSR count). The molecule has 0 bridgehead atoms. The van der Waals surface area contributed by atoms with Crippen LogP contribution in [0.4, 0.5) is 5.69 Å². The van der Waals surface area contributed by atoms with Gasteiger partial charge in [0.1, 0.15) is 12.8 Å². The van der Waals surface area contributed by atoms with E-state index in [1.54, 1.807) is 18.9 Å². The molecular weight excluding hydrogens is 528 g/mol. The molecule has 8 heteroatoms. The molecule has 0 unspecified atom stereocenters. The number of allylic oxidation sites excluding steroid dienone is 4.